The van der Waals surface area contributed by atoms with E-state index in [0.29, 0.717) is 0 Å². The zero-order chi connectivity index (χ0) is 15.0. The molecule has 0 radical (unpaired) electrons. The Hall–Kier alpha value is -1.56. The molecule has 0 aliphatic carbocycles. The first kappa shape index (κ1) is 14.4. The number of halogens is 3. The average molecular weight is 298 g/mol. The lowest BCUT2D eigenvalue weighted by molar-refractivity contribution is -0.188. The van der Waals surface area contributed by atoms with E-state index < -0.39 is 12.1 Å². The lowest BCUT2D eigenvalue weighted by Crippen LogP contribution is -2.57. The van der Waals surface area contributed by atoms with Gasteiger partial charge in [0.15, 0.2) is 0 Å². The van der Waals surface area contributed by atoms with Crippen LogP contribution in [0.15, 0.2) is 30.3 Å². The quantitative estimate of drug-likeness (QED) is 0.837. The summed E-state index contributed by atoms with van der Waals surface area (Å²) in [6, 6.07) is 9.98. The van der Waals surface area contributed by atoms with Gasteiger partial charge in [0.25, 0.3) is 0 Å². The Bertz CT molecular complexity index is 503. The molecule has 114 valence electrons. The van der Waals surface area contributed by atoms with Crippen LogP contribution in [0.25, 0.3) is 0 Å². The van der Waals surface area contributed by atoms with Gasteiger partial charge in [0.2, 0.25) is 0 Å². The fourth-order valence-electron chi connectivity index (χ4n) is 3.39. The van der Waals surface area contributed by atoms with E-state index in [1.165, 1.54) is 0 Å². The maximum absolute atomic E-state index is 12.5. The highest BCUT2D eigenvalue weighted by molar-refractivity contribution is 5.82. The Balaban J connectivity index is 1.69. The molecule has 1 aromatic rings. The molecule has 2 heterocycles. The second-order valence-electron chi connectivity index (χ2n) is 5.75. The van der Waals surface area contributed by atoms with Crippen molar-refractivity contribution < 1.29 is 18.0 Å². The normalized spacial score (nSPS) is 26.1. The molecule has 2 fully saturated rings. The van der Waals surface area contributed by atoms with Crippen LogP contribution >= 0.6 is 0 Å². The summed E-state index contributed by atoms with van der Waals surface area (Å²) >= 11 is 0. The highest BCUT2D eigenvalue weighted by atomic mass is 19.4. The molecule has 2 atom stereocenters. The van der Waals surface area contributed by atoms with E-state index in [2.05, 4.69) is 4.90 Å². The average Bonchev–Trinajstić information content (AvgIpc) is 2.69. The molecule has 0 N–H and O–H groups in total. The van der Waals surface area contributed by atoms with Crippen molar-refractivity contribution in [3.8, 4) is 0 Å². The van der Waals surface area contributed by atoms with Gasteiger partial charge in [-0.2, -0.15) is 13.2 Å². The number of likely N-dealkylation sites (tertiary alicyclic amines) is 1. The number of hydrogen-bond donors (Lipinski definition) is 0. The maximum atomic E-state index is 12.5. The second-order valence-corrected chi connectivity index (χ2v) is 5.75. The van der Waals surface area contributed by atoms with Gasteiger partial charge in [-0.1, -0.05) is 30.3 Å². The summed E-state index contributed by atoms with van der Waals surface area (Å²) in [7, 11) is 0. The Morgan fingerprint density at radius 3 is 2.19 bits per heavy atom. The van der Waals surface area contributed by atoms with Gasteiger partial charge in [-0.25, -0.2) is 0 Å². The zero-order valence-corrected chi connectivity index (χ0v) is 11.5. The van der Waals surface area contributed by atoms with Crippen LogP contribution in [0, 0.1) is 0 Å². The molecule has 3 rings (SSSR count). The fourth-order valence-corrected chi connectivity index (χ4v) is 3.39. The number of amides is 1. The molecule has 2 unspecified atom stereocenters. The van der Waals surface area contributed by atoms with Gasteiger partial charge in [-0.05, 0) is 18.4 Å². The standard InChI is InChI=1S/C15H17F3N2O/c16-15(17,18)14(21)19-9-12-6-7-13(10-19)20(12)8-11-4-2-1-3-5-11/h1-5,12-13H,6-10H2. The van der Waals surface area contributed by atoms with Crippen LogP contribution in [-0.4, -0.2) is 47.1 Å². The molecular formula is C15H17F3N2O. The van der Waals surface area contributed by atoms with Crippen molar-refractivity contribution in [2.24, 2.45) is 0 Å². The molecule has 1 aromatic carbocycles. The van der Waals surface area contributed by atoms with Crippen LogP contribution in [0.4, 0.5) is 13.2 Å². The first-order chi connectivity index (χ1) is 9.95. The molecule has 0 aromatic heterocycles. The summed E-state index contributed by atoms with van der Waals surface area (Å²) in [5.41, 5.74) is 1.16. The van der Waals surface area contributed by atoms with E-state index in [1.54, 1.807) is 0 Å². The van der Waals surface area contributed by atoms with E-state index in [-0.39, 0.29) is 25.2 Å². The highest BCUT2D eigenvalue weighted by Gasteiger charge is 2.48. The monoisotopic (exact) mass is 298 g/mol. The molecule has 2 aliphatic heterocycles. The van der Waals surface area contributed by atoms with Gasteiger partial charge in [0.1, 0.15) is 0 Å². The number of hydrogen-bond acceptors (Lipinski definition) is 2. The summed E-state index contributed by atoms with van der Waals surface area (Å²) in [4.78, 5) is 14.6. The summed E-state index contributed by atoms with van der Waals surface area (Å²) in [5.74, 6) is -1.70. The number of piperazine rings is 1. The van der Waals surface area contributed by atoms with Crippen molar-refractivity contribution in [2.45, 2.75) is 37.6 Å². The lowest BCUT2D eigenvalue weighted by Gasteiger charge is -2.41. The number of rotatable bonds is 2. The van der Waals surface area contributed by atoms with Crippen LogP contribution in [0.1, 0.15) is 18.4 Å². The molecule has 0 saturated carbocycles. The third-order valence-electron chi connectivity index (χ3n) is 4.37. The van der Waals surface area contributed by atoms with Crippen molar-refractivity contribution in [1.29, 1.82) is 0 Å². The Kier molecular flexibility index (Phi) is 3.65. The van der Waals surface area contributed by atoms with E-state index in [4.69, 9.17) is 0 Å². The topological polar surface area (TPSA) is 23.6 Å². The summed E-state index contributed by atoms with van der Waals surface area (Å²) in [6.07, 6.45) is -3.04. The minimum absolute atomic E-state index is 0.0373. The van der Waals surface area contributed by atoms with E-state index in [1.807, 2.05) is 30.3 Å². The van der Waals surface area contributed by atoms with Crippen molar-refractivity contribution in [3.05, 3.63) is 35.9 Å². The van der Waals surface area contributed by atoms with Gasteiger partial charge in [0.05, 0.1) is 0 Å². The maximum Gasteiger partial charge on any atom is 0.471 e. The van der Waals surface area contributed by atoms with E-state index in [9.17, 15) is 18.0 Å². The molecular weight excluding hydrogens is 281 g/mol. The molecule has 3 nitrogen and oxygen atoms in total. The van der Waals surface area contributed by atoms with E-state index >= 15 is 0 Å². The van der Waals surface area contributed by atoms with Crippen molar-refractivity contribution in [1.82, 2.24) is 9.80 Å². The van der Waals surface area contributed by atoms with E-state index in [0.717, 1.165) is 29.8 Å². The predicted octanol–water partition coefficient (Wildman–Crippen LogP) is 2.42. The zero-order valence-electron chi connectivity index (χ0n) is 11.5. The number of carbonyl (C=O) groups excluding carboxylic acids is 1. The first-order valence-corrected chi connectivity index (χ1v) is 7.11. The first-order valence-electron chi connectivity index (χ1n) is 7.11. The number of alkyl halides is 3. The number of nitrogens with zero attached hydrogens (tertiary/aromatic N) is 2. The Labute approximate surface area is 121 Å². The third-order valence-corrected chi connectivity index (χ3v) is 4.37. The molecule has 6 heteroatoms. The Morgan fingerprint density at radius 2 is 1.67 bits per heavy atom. The number of fused-ring (bicyclic) bond motifs is 2. The van der Waals surface area contributed by atoms with Gasteiger partial charge in [0, 0.05) is 31.7 Å². The second kappa shape index (κ2) is 5.33. The predicted molar refractivity (Wildman–Crippen MR) is 71.4 cm³/mol. The fraction of sp³-hybridized carbons (Fsp3) is 0.533. The van der Waals surface area contributed by atoms with Crippen LogP contribution in [0.2, 0.25) is 0 Å². The van der Waals surface area contributed by atoms with Crippen molar-refractivity contribution in [3.63, 3.8) is 0 Å². The van der Waals surface area contributed by atoms with Crippen molar-refractivity contribution >= 4 is 5.91 Å². The smallest absolute Gasteiger partial charge is 0.332 e. The minimum atomic E-state index is -4.76. The van der Waals surface area contributed by atoms with Crippen LogP contribution < -0.4 is 0 Å². The van der Waals surface area contributed by atoms with Crippen LogP contribution in [-0.2, 0) is 11.3 Å². The van der Waals surface area contributed by atoms with Crippen LogP contribution in [0.5, 0.6) is 0 Å². The summed E-state index contributed by atoms with van der Waals surface area (Å²) < 4.78 is 37.6. The number of carbonyl (C=O) groups is 1. The van der Waals surface area contributed by atoms with Crippen molar-refractivity contribution in [2.75, 3.05) is 13.1 Å². The minimum Gasteiger partial charge on any atom is -0.332 e. The number of benzene rings is 1. The molecule has 2 saturated heterocycles. The molecule has 2 bridgehead atoms. The van der Waals surface area contributed by atoms with Crippen LogP contribution in [0.3, 0.4) is 0 Å². The van der Waals surface area contributed by atoms with Gasteiger partial charge >= 0.3 is 12.1 Å². The van der Waals surface area contributed by atoms with Gasteiger partial charge < -0.3 is 4.90 Å². The molecule has 0 spiro atoms. The molecule has 2 aliphatic rings. The lowest BCUT2D eigenvalue weighted by atomic mass is 10.1. The summed E-state index contributed by atoms with van der Waals surface area (Å²) in [5, 5.41) is 0. The molecule has 21 heavy (non-hydrogen) atoms. The van der Waals surface area contributed by atoms with Gasteiger partial charge in [-0.15, -0.1) is 0 Å². The Morgan fingerprint density at radius 1 is 1.10 bits per heavy atom. The largest absolute Gasteiger partial charge is 0.471 e. The third kappa shape index (κ3) is 2.90. The van der Waals surface area contributed by atoms with Gasteiger partial charge in [-0.3, -0.25) is 9.69 Å². The highest BCUT2D eigenvalue weighted by Crippen LogP contribution is 2.33. The molecule has 1 amide bonds. The SMILES string of the molecule is O=C(N1CC2CCC(C1)N2Cc1ccccc1)C(F)(F)F. The summed E-state index contributed by atoms with van der Waals surface area (Å²) in [6.45, 7) is 1.10.